The quantitative estimate of drug-likeness (QED) is 0.596. The van der Waals surface area contributed by atoms with Crippen LogP contribution in [-0.2, 0) is 4.79 Å². The normalized spacial score (nSPS) is 10.6. The Hall–Kier alpha value is -1.84. The first-order valence-corrected chi connectivity index (χ1v) is 6.31. The van der Waals surface area contributed by atoms with Crippen molar-refractivity contribution >= 4 is 12.1 Å². The molecular weight excluding hydrogens is 228 g/mol. The summed E-state index contributed by atoms with van der Waals surface area (Å²) in [7, 11) is 0. The van der Waals surface area contributed by atoms with Crippen LogP contribution in [0.25, 0.3) is 0 Å². The number of carbonyl (C=O) groups excluding carboxylic acids is 1. The topological polar surface area (TPSA) is 50.7 Å². The van der Waals surface area contributed by atoms with Gasteiger partial charge in [-0.3, -0.25) is 4.79 Å². The molecular formula is C14H20N2O2. The van der Waals surface area contributed by atoms with Crippen molar-refractivity contribution in [1.29, 1.82) is 0 Å². The summed E-state index contributed by atoms with van der Waals surface area (Å²) >= 11 is 0. The molecule has 0 heterocycles. The van der Waals surface area contributed by atoms with Gasteiger partial charge < -0.3 is 4.74 Å². The molecule has 0 unspecified atom stereocenters. The van der Waals surface area contributed by atoms with E-state index in [9.17, 15) is 4.79 Å². The van der Waals surface area contributed by atoms with Crippen LogP contribution in [0.2, 0.25) is 0 Å². The molecule has 1 rings (SSSR count). The fourth-order valence-electron chi connectivity index (χ4n) is 1.44. The average Bonchev–Trinajstić information content (AvgIpc) is 2.38. The zero-order valence-corrected chi connectivity index (χ0v) is 11.0. The molecule has 0 bridgehead atoms. The predicted molar refractivity (Wildman–Crippen MR) is 72.9 cm³/mol. The van der Waals surface area contributed by atoms with Crippen LogP contribution in [0, 0.1) is 0 Å². The number of hydrogen-bond acceptors (Lipinski definition) is 3. The molecule has 0 aliphatic heterocycles. The zero-order chi connectivity index (χ0) is 13.2. The Labute approximate surface area is 108 Å². The van der Waals surface area contributed by atoms with Crippen molar-refractivity contribution < 1.29 is 9.53 Å². The molecule has 0 fully saturated rings. The maximum absolute atomic E-state index is 11.3. The standard InChI is InChI=1S/C14H20N2O2/c1-3-5-10-14(17)16-15-11-12-8-6-7-9-13(12)18-4-2/h6-9,11H,3-5,10H2,1-2H3,(H,16,17). The number of nitrogens with one attached hydrogen (secondary N) is 1. The van der Waals surface area contributed by atoms with Gasteiger partial charge in [0.25, 0.3) is 0 Å². The van der Waals surface area contributed by atoms with E-state index >= 15 is 0 Å². The molecule has 1 aromatic rings. The average molecular weight is 248 g/mol. The highest BCUT2D eigenvalue weighted by Crippen LogP contribution is 2.15. The second-order valence-electron chi connectivity index (χ2n) is 3.87. The third kappa shape index (κ3) is 4.99. The molecule has 18 heavy (non-hydrogen) atoms. The Morgan fingerprint density at radius 1 is 1.39 bits per heavy atom. The maximum atomic E-state index is 11.3. The van der Waals surface area contributed by atoms with Crippen LogP contribution >= 0.6 is 0 Å². The van der Waals surface area contributed by atoms with E-state index in [1.165, 1.54) is 0 Å². The van der Waals surface area contributed by atoms with E-state index in [2.05, 4.69) is 17.5 Å². The summed E-state index contributed by atoms with van der Waals surface area (Å²) in [6, 6.07) is 7.58. The van der Waals surface area contributed by atoms with Crippen molar-refractivity contribution in [2.45, 2.75) is 33.1 Å². The third-order valence-corrected chi connectivity index (χ3v) is 2.37. The molecule has 4 nitrogen and oxygen atoms in total. The van der Waals surface area contributed by atoms with E-state index in [0.717, 1.165) is 24.2 Å². The zero-order valence-electron chi connectivity index (χ0n) is 11.0. The van der Waals surface area contributed by atoms with Gasteiger partial charge in [-0.1, -0.05) is 25.5 Å². The van der Waals surface area contributed by atoms with Gasteiger partial charge in [-0.15, -0.1) is 0 Å². The highest BCUT2D eigenvalue weighted by Gasteiger charge is 2.00. The van der Waals surface area contributed by atoms with Gasteiger partial charge in [0, 0.05) is 12.0 Å². The molecule has 0 saturated carbocycles. The molecule has 1 N–H and O–H groups in total. The summed E-state index contributed by atoms with van der Waals surface area (Å²) in [5.74, 6) is 0.716. The summed E-state index contributed by atoms with van der Waals surface area (Å²) < 4.78 is 5.46. The molecule has 4 heteroatoms. The largest absolute Gasteiger partial charge is 0.493 e. The highest BCUT2D eigenvalue weighted by molar-refractivity contribution is 5.85. The lowest BCUT2D eigenvalue weighted by atomic mass is 10.2. The van der Waals surface area contributed by atoms with E-state index in [4.69, 9.17) is 4.74 Å². The molecule has 98 valence electrons. The van der Waals surface area contributed by atoms with Crippen LogP contribution in [0.1, 0.15) is 38.7 Å². The van der Waals surface area contributed by atoms with Crippen LogP contribution in [0.4, 0.5) is 0 Å². The molecule has 0 aliphatic carbocycles. The smallest absolute Gasteiger partial charge is 0.240 e. The number of rotatable bonds is 7. The second kappa shape index (κ2) is 8.28. The number of nitrogens with zero attached hydrogens (tertiary/aromatic N) is 1. The minimum atomic E-state index is -0.0537. The van der Waals surface area contributed by atoms with Gasteiger partial charge in [-0.05, 0) is 25.5 Å². The molecule has 0 aromatic heterocycles. The number of hydrogen-bond donors (Lipinski definition) is 1. The second-order valence-corrected chi connectivity index (χ2v) is 3.87. The van der Waals surface area contributed by atoms with Crippen molar-refractivity contribution in [3.05, 3.63) is 29.8 Å². The number of carbonyl (C=O) groups is 1. The molecule has 1 amide bonds. The van der Waals surface area contributed by atoms with Crippen molar-refractivity contribution in [2.75, 3.05) is 6.61 Å². The van der Waals surface area contributed by atoms with Gasteiger partial charge >= 0.3 is 0 Å². The maximum Gasteiger partial charge on any atom is 0.240 e. The molecule has 0 atom stereocenters. The Kier molecular flexibility index (Phi) is 6.54. The van der Waals surface area contributed by atoms with Crippen LogP contribution in [0.5, 0.6) is 5.75 Å². The molecule has 0 radical (unpaired) electrons. The molecule has 0 saturated heterocycles. The van der Waals surface area contributed by atoms with E-state index in [-0.39, 0.29) is 5.91 Å². The minimum Gasteiger partial charge on any atom is -0.493 e. The summed E-state index contributed by atoms with van der Waals surface area (Å²) in [5, 5.41) is 3.93. The van der Waals surface area contributed by atoms with Gasteiger partial charge in [0.1, 0.15) is 5.75 Å². The van der Waals surface area contributed by atoms with Crippen molar-refractivity contribution in [3.63, 3.8) is 0 Å². The SMILES string of the molecule is CCCCC(=O)NN=Cc1ccccc1OCC. The van der Waals surface area contributed by atoms with Gasteiger partial charge in [-0.2, -0.15) is 5.10 Å². The van der Waals surface area contributed by atoms with Crippen LogP contribution in [0.15, 0.2) is 29.4 Å². The highest BCUT2D eigenvalue weighted by atomic mass is 16.5. The fourth-order valence-corrected chi connectivity index (χ4v) is 1.44. The minimum absolute atomic E-state index is 0.0537. The molecule has 1 aromatic carbocycles. The van der Waals surface area contributed by atoms with Crippen LogP contribution in [0.3, 0.4) is 0 Å². The molecule has 0 aliphatic rings. The van der Waals surface area contributed by atoms with Gasteiger partial charge in [0.2, 0.25) is 5.91 Å². The number of benzene rings is 1. The number of unbranched alkanes of at least 4 members (excludes halogenated alkanes) is 1. The van der Waals surface area contributed by atoms with Gasteiger partial charge in [0.15, 0.2) is 0 Å². The Morgan fingerprint density at radius 3 is 2.89 bits per heavy atom. The number of hydrazone groups is 1. The molecule has 0 spiro atoms. The summed E-state index contributed by atoms with van der Waals surface area (Å²) in [4.78, 5) is 11.3. The Balaban J connectivity index is 2.53. The lowest BCUT2D eigenvalue weighted by Crippen LogP contribution is -2.16. The van der Waals surface area contributed by atoms with Gasteiger partial charge in [-0.25, -0.2) is 5.43 Å². The first-order chi connectivity index (χ1) is 8.77. The number of para-hydroxylation sites is 1. The number of amides is 1. The monoisotopic (exact) mass is 248 g/mol. The van der Waals surface area contributed by atoms with E-state index in [1.54, 1.807) is 6.21 Å². The number of ether oxygens (including phenoxy) is 1. The third-order valence-electron chi connectivity index (χ3n) is 2.37. The van der Waals surface area contributed by atoms with Crippen LogP contribution in [-0.4, -0.2) is 18.7 Å². The van der Waals surface area contributed by atoms with Crippen molar-refractivity contribution in [1.82, 2.24) is 5.43 Å². The van der Waals surface area contributed by atoms with Crippen LogP contribution < -0.4 is 10.2 Å². The van der Waals surface area contributed by atoms with Gasteiger partial charge in [0.05, 0.1) is 12.8 Å². The summed E-state index contributed by atoms with van der Waals surface area (Å²) in [6.07, 6.45) is 4.01. The lowest BCUT2D eigenvalue weighted by Gasteiger charge is -2.05. The van der Waals surface area contributed by atoms with Crippen molar-refractivity contribution in [2.24, 2.45) is 5.10 Å². The summed E-state index contributed by atoms with van der Waals surface area (Å²) in [5.41, 5.74) is 3.37. The van der Waals surface area contributed by atoms with Crippen molar-refractivity contribution in [3.8, 4) is 5.75 Å². The predicted octanol–water partition coefficient (Wildman–Crippen LogP) is 2.73. The fraction of sp³-hybridized carbons (Fsp3) is 0.429. The Bertz CT molecular complexity index is 403. The lowest BCUT2D eigenvalue weighted by molar-refractivity contribution is -0.121. The van der Waals surface area contributed by atoms with E-state index in [1.807, 2.05) is 31.2 Å². The summed E-state index contributed by atoms with van der Waals surface area (Å²) in [6.45, 7) is 4.59. The van der Waals surface area contributed by atoms with E-state index in [0.29, 0.717) is 13.0 Å². The first kappa shape index (κ1) is 14.2. The van der Waals surface area contributed by atoms with E-state index < -0.39 is 0 Å². The Morgan fingerprint density at radius 2 is 2.17 bits per heavy atom. The first-order valence-electron chi connectivity index (χ1n) is 6.31.